The van der Waals surface area contributed by atoms with E-state index < -0.39 is 5.92 Å². The molecular weight excluding hydrogens is 420 g/mol. The van der Waals surface area contributed by atoms with Crippen LogP contribution < -0.4 is 19.1 Å². The van der Waals surface area contributed by atoms with E-state index in [9.17, 15) is 9.59 Å². The van der Waals surface area contributed by atoms with Gasteiger partial charge in [0.25, 0.3) is 0 Å². The molecule has 0 radical (unpaired) electrons. The quantitative estimate of drug-likeness (QED) is 0.556. The molecule has 1 aliphatic rings. The lowest BCUT2D eigenvalue weighted by atomic mass is 10.1. The topological polar surface area (TPSA) is 77.5 Å². The van der Waals surface area contributed by atoms with Gasteiger partial charge in [-0.1, -0.05) is 6.07 Å². The third kappa shape index (κ3) is 5.11. The van der Waals surface area contributed by atoms with Gasteiger partial charge in [0.15, 0.2) is 11.5 Å². The van der Waals surface area contributed by atoms with Crippen LogP contribution >= 0.6 is 11.3 Å². The monoisotopic (exact) mass is 448 g/mol. The van der Waals surface area contributed by atoms with Gasteiger partial charge in [-0.25, -0.2) is 0 Å². The first kappa shape index (κ1) is 22.9. The van der Waals surface area contributed by atoms with E-state index in [4.69, 9.17) is 18.9 Å². The number of hydrogen-bond donors (Lipinski definition) is 0. The molecule has 1 aromatic carbocycles. The fraction of sp³-hybridized carbons (Fsp3) is 0.455. The third-order valence-electron chi connectivity index (χ3n) is 5.24. The van der Waals surface area contributed by atoms with Crippen molar-refractivity contribution in [1.29, 1.82) is 0 Å². The molecule has 2 heterocycles. The zero-order valence-electron chi connectivity index (χ0n) is 18.3. The maximum Gasteiger partial charge on any atom is 0.228 e. The molecule has 0 N–H and O–H groups in total. The summed E-state index contributed by atoms with van der Waals surface area (Å²) in [4.78, 5) is 30.6. The molecule has 9 heteroatoms. The van der Waals surface area contributed by atoms with E-state index in [0.717, 1.165) is 4.88 Å². The van der Waals surface area contributed by atoms with Crippen LogP contribution in [0.1, 0.15) is 11.3 Å². The third-order valence-corrected chi connectivity index (χ3v) is 6.10. The van der Waals surface area contributed by atoms with Gasteiger partial charge < -0.3 is 28.7 Å². The molecule has 1 fully saturated rings. The number of hydrogen-bond acceptors (Lipinski definition) is 7. The number of amides is 2. The van der Waals surface area contributed by atoms with E-state index in [0.29, 0.717) is 49.2 Å². The zero-order valence-corrected chi connectivity index (χ0v) is 19.1. The first-order chi connectivity index (χ1) is 15.0. The summed E-state index contributed by atoms with van der Waals surface area (Å²) in [7, 11) is 6.19. The molecule has 31 heavy (non-hydrogen) atoms. The Labute approximate surface area is 186 Å². The van der Waals surface area contributed by atoms with Crippen LogP contribution in [0.2, 0.25) is 0 Å². The summed E-state index contributed by atoms with van der Waals surface area (Å²) < 4.78 is 21.3. The molecule has 0 spiro atoms. The van der Waals surface area contributed by atoms with Gasteiger partial charge in [-0.3, -0.25) is 9.59 Å². The molecule has 1 unspecified atom stereocenters. The molecule has 1 aliphatic heterocycles. The van der Waals surface area contributed by atoms with Crippen LogP contribution in [0.5, 0.6) is 17.2 Å². The van der Waals surface area contributed by atoms with Gasteiger partial charge in [0, 0.05) is 43.6 Å². The van der Waals surface area contributed by atoms with Gasteiger partial charge in [-0.15, -0.1) is 11.3 Å². The van der Waals surface area contributed by atoms with Crippen molar-refractivity contribution in [3.63, 3.8) is 0 Å². The molecule has 1 aromatic heterocycles. The number of carbonyl (C=O) groups excluding carboxylic acids is 2. The van der Waals surface area contributed by atoms with Gasteiger partial charge >= 0.3 is 0 Å². The number of ether oxygens (including phenoxy) is 4. The van der Waals surface area contributed by atoms with E-state index in [1.165, 1.54) is 21.3 Å². The molecule has 0 bridgehead atoms. The predicted octanol–water partition coefficient (Wildman–Crippen LogP) is 2.80. The lowest BCUT2D eigenvalue weighted by molar-refractivity contribution is -0.137. The minimum absolute atomic E-state index is 0.0475. The maximum absolute atomic E-state index is 13.3. The highest BCUT2D eigenvalue weighted by atomic mass is 32.1. The van der Waals surface area contributed by atoms with E-state index in [2.05, 4.69) is 0 Å². The van der Waals surface area contributed by atoms with Gasteiger partial charge in [-0.05, 0) is 11.4 Å². The van der Waals surface area contributed by atoms with E-state index in [1.807, 2.05) is 17.5 Å². The maximum atomic E-state index is 13.3. The summed E-state index contributed by atoms with van der Waals surface area (Å²) in [5.74, 6) is 0.778. The largest absolute Gasteiger partial charge is 0.493 e. The number of anilines is 1. The zero-order chi connectivity index (χ0) is 22.4. The predicted molar refractivity (Wildman–Crippen MR) is 118 cm³/mol. The molecule has 1 saturated heterocycles. The van der Waals surface area contributed by atoms with E-state index in [1.54, 1.807) is 40.4 Å². The van der Waals surface area contributed by atoms with Crippen molar-refractivity contribution in [2.45, 2.75) is 13.0 Å². The molecule has 168 valence electrons. The highest BCUT2D eigenvalue weighted by Crippen LogP contribution is 2.42. The molecule has 2 amide bonds. The number of benzene rings is 1. The second-order valence-electron chi connectivity index (χ2n) is 7.12. The summed E-state index contributed by atoms with van der Waals surface area (Å²) in [5, 5.41) is 1.99. The summed E-state index contributed by atoms with van der Waals surface area (Å²) >= 11 is 1.60. The van der Waals surface area contributed by atoms with Crippen LogP contribution in [0.4, 0.5) is 5.69 Å². The van der Waals surface area contributed by atoms with Gasteiger partial charge in [0.1, 0.15) is 0 Å². The van der Waals surface area contributed by atoms with Crippen LogP contribution in [0, 0.1) is 5.92 Å². The lowest BCUT2D eigenvalue weighted by Gasteiger charge is -2.25. The van der Waals surface area contributed by atoms with Crippen molar-refractivity contribution in [2.24, 2.45) is 5.92 Å². The Kier molecular flexibility index (Phi) is 7.75. The van der Waals surface area contributed by atoms with Crippen molar-refractivity contribution in [3.05, 3.63) is 34.5 Å². The molecule has 0 aliphatic carbocycles. The van der Waals surface area contributed by atoms with Crippen molar-refractivity contribution in [1.82, 2.24) is 4.90 Å². The molecule has 3 rings (SSSR count). The minimum atomic E-state index is -0.427. The molecule has 0 saturated carbocycles. The van der Waals surface area contributed by atoms with Crippen LogP contribution in [-0.4, -0.2) is 64.8 Å². The van der Waals surface area contributed by atoms with E-state index in [-0.39, 0.29) is 18.2 Å². The smallest absolute Gasteiger partial charge is 0.228 e. The Morgan fingerprint density at radius 1 is 1.16 bits per heavy atom. The average molecular weight is 449 g/mol. The second-order valence-corrected chi connectivity index (χ2v) is 8.15. The second kappa shape index (κ2) is 10.5. The number of thiophene rings is 1. The Morgan fingerprint density at radius 2 is 1.87 bits per heavy atom. The fourth-order valence-corrected chi connectivity index (χ4v) is 4.38. The Bertz CT molecular complexity index is 876. The van der Waals surface area contributed by atoms with Crippen molar-refractivity contribution < 1.29 is 28.5 Å². The van der Waals surface area contributed by atoms with Crippen LogP contribution in [0.25, 0.3) is 0 Å². The van der Waals surface area contributed by atoms with Crippen LogP contribution in [-0.2, 0) is 20.9 Å². The SMILES string of the molecule is COCCN(Cc1cccs1)C(=O)C1CC(=O)N(c2cc(OC)c(OC)c(OC)c2)C1. The van der Waals surface area contributed by atoms with Crippen molar-refractivity contribution in [2.75, 3.05) is 53.0 Å². The molecule has 8 nitrogen and oxygen atoms in total. The Hall–Kier alpha value is -2.78. The summed E-state index contributed by atoms with van der Waals surface area (Å²) in [6.45, 7) is 1.72. The van der Waals surface area contributed by atoms with Crippen molar-refractivity contribution in [3.8, 4) is 17.2 Å². The van der Waals surface area contributed by atoms with Gasteiger partial charge in [0.2, 0.25) is 17.6 Å². The number of methoxy groups -OCH3 is 4. The Balaban J connectivity index is 1.80. The lowest BCUT2D eigenvalue weighted by Crippen LogP contribution is -2.38. The van der Waals surface area contributed by atoms with E-state index >= 15 is 0 Å². The number of carbonyl (C=O) groups is 2. The average Bonchev–Trinajstić information content (AvgIpc) is 3.44. The standard InChI is InChI=1S/C22H28N2O6S/c1-27-8-7-23(14-17-6-5-9-31-17)22(26)15-10-20(25)24(13-15)16-11-18(28-2)21(30-4)19(12-16)29-3/h5-6,9,11-12,15H,7-8,10,13-14H2,1-4H3. The summed E-state index contributed by atoms with van der Waals surface area (Å²) in [5.41, 5.74) is 0.608. The number of rotatable bonds is 10. The van der Waals surface area contributed by atoms with Crippen LogP contribution in [0.15, 0.2) is 29.6 Å². The highest BCUT2D eigenvalue weighted by Gasteiger charge is 2.38. The normalized spacial score (nSPS) is 15.8. The Morgan fingerprint density at radius 3 is 2.42 bits per heavy atom. The first-order valence-corrected chi connectivity index (χ1v) is 10.8. The summed E-state index contributed by atoms with van der Waals surface area (Å²) in [6.07, 6.45) is 0.156. The minimum Gasteiger partial charge on any atom is -0.493 e. The fourth-order valence-electron chi connectivity index (χ4n) is 3.66. The van der Waals surface area contributed by atoms with Crippen molar-refractivity contribution >= 4 is 28.8 Å². The molecular formula is C22H28N2O6S. The summed E-state index contributed by atoms with van der Waals surface area (Å²) in [6, 6.07) is 7.41. The number of nitrogens with zero attached hydrogens (tertiary/aromatic N) is 2. The van der Waals surface area contributed by atoms with Gasteiger partial charge in [0.05, 0.1) is 46.1 Å². The molecule has 2 aromatic rings. The first-order valence-electron chi connectivity index (χ1n) is 9.92. The van der Waals surface area contributed by atoms with Gasteiger partial charge in [-0.2, -0.15) is 0 Å². The highest BCUT2D eigenvalue weighted by molar-refractivity contribution is 7.09. The molecule has 1 atom stereocenters. The van der Waals surface area contributed by atoms with Crippen LogP contribution in [0.3, 0.4) is 0 Å².